The molecule has 1 unspecified atom stereocenters. The maximum atomic E-state index is 11.7. The van der Waals surface area contributed by atoms with Gasteiger partial charge in [0.25, 0.3) is 0 Å². The van der Waals surface area contributed by atoms with E-state index in [-0.39, 0.29) is 5.91 Å². The highest BCUT2D eigenvalue weighted by Crippen LogP contribution is 2.17. The summed E-state index contributed by atoms with van der Waals surface area (Å²) in [7, 11) is 0. The van der Waals surface area contributed by atoms with Crippen molar-refractivity contribution in [3.63, 3.8) is 0 Å². The number of hydrogen-bond acceptors (Lipinski definition) is 2. The van der Waals surface area contributed by atoms with Crippen molar-refractivity contribution < 1.29 is 4.79 Å². The maximum absolute atomic E-state index is 11.7. The SMILES string of the molecule is CCCC(N)C(=O)Nc1ccc(C)c(I)c1. The van der Waals surface area contributed by atoms with E-state index in [0.29, 0.717) is 0 Å². The molecule has 0 aliphatic heterocycles. The van der Waals surface area contributed by atoms with Gasteiger partial charge in [0.2, 0.25) is 5.91 Å². The third-order valence-electron chi connectivity index (χ3n) is 2.38. The zero-order valence-electron chi connectivity index (χ0n) is 9.59. The number of anilines is 1. The third-order valence-corrected chi connectivity index (χ3v) is 3.54. The van der Waals surface area contributed by atoms with E-state index in [1.807, 2.05) is 32.0 Å². The Morgan fingerprint density at radius 2 is 2.25 bits per heavy atom. The highest BCUT2D eigenvalue weighted by molar-refractivity contribution is 14.1. The number of rotatable bonds is 4. The van der Waals surface area contributed by atoms with Crippen LogP contribution in [0.3, 0.4) is 0 Å². The smallest absolute Gasteiger partial charge is 0.241 e. The first-order valence-electron chi connectivity index (χ1n) is 5.37. The van der Waals surface area contributed by atoms with Gasteiger partial charge in [-0.05, 0) is 53.6 Å². The second kappa shape index (κ2) is 6.20. The van der Waals surface area contributed by atoms with Crippen molar-refractivity contribution in [2.75, 3.05) is 5.32 Å². The lowest BCUT2D eigenvalue weighted by atomic mass is 10.1. The van der Waals surface area contributed by atoms with Gasteiger partial charge in [0.05, 0.1) is 6.04 Å². The van der Waals surface area contributed by atoms with Gasteiger partial charge in [-0.15, -0.1) is 0 Å². The molecule has 16 heavy (non-hydrogen) atoms. The highest BCUT2D eigenvalue weighted by atomic mass is 127. The number of nitrogens with two attached hydrogens (primary N) is 1. The third kappa shape index (κ3) is 3.75. The van der Waals surface area contributed by atoms with Gasteiger partial charge in [0.1, 0.15) is 0 Å². The van der Waals surface area contributed by atoms with Crippen LogP contribution < -0.4 is 11.1 Å². The Labute approximate surface area is 110 Å². The minimum Gasteiger partial charge on any atom is -0.325 e. The monoisotopic (exact) mass is 332 g/mol. The van der Waals surface area contributed by atoms with Crippen LogP contribution in [0.4, 0.5) is 5.69 Å². The molecule has 0 fully saturated rings. The molecule has 0 bridgehead atoms. The highest BCUT2D eigenvalue weighted by Gasteiger charge is 2.12. The Balaban J connectivity index is 2.66. The summed E-state index contributed by atoms with van der Waals surface area (Å²) in [6.07, 6.45) is 1.63. The van der Waals surface area contributed by atoms with Crippen LogP contribution >= 0.6 is 22.6 Å². The van der Waals surface area contributed by atoms with Gasteiger partial charge >= 0.3 is 0 Å². The molecule has 1 aromatic carbocycles. The van der Waals surface area contributed by atoms with Crippen molar-refractivity contribution in [2.45, 2.75) is 32.7 Å². The van der Waals surface area contributed by atoms with Crippen molar-refractivity contribution in [2.24, 2.45) is 5.73 Å². The molecule has 0 saturated heterocycles. The number of hydrogen-bond donors (Lipinski definition) is 2. The first-order valence-corrected chi connectivity index (χ1v) is 6.45. The van der Waals surface area contributed by atoms with Gasteiger partial charge in [-0.25, -0.2) is 0 Å². The number of halogens is 1. The number of carbonyl (C=O) groups is 1. The summed E-state index contributed by atoms with van der Waals surface area (Å²) in [6, 6.07) is 5.42. The fraction of sp³-hybridized carbons (Fsp3) is 0.417. The Morgan fingerprint density at radius 1 is 1.56 bits per heavy atom. The summed E-state index contributed by atoms with van der Waals surface area (Å²) in [4.78, 5) is 11.7. The zero-order chi connectivity index (χ0) is 12.1. The summed E-state index contributed by atoms with van der Waals surface area (Å²) in [6.45, 7) is 4.05. The lowest BCUT2D eigenvalue weighted by Crippen LogP contribution is -2.35. The second-order valence-electron chi connectivity index (χ2n) is 3.85. The van der Waals surface area contributed by atoms with Crippen molar-refractivity contribution >= 4 is 34.2 Å². The van der Waals surface area contributed by atoms with E-state index in [0.717, 1.165) is 22.1 Å². The minimum atomic E-state index is -0.413. The molecule has 3 N–H and O–H groups in total. The van der Waals surface area contributed by atoms with Gasteiger partial charge in [0.15, 0.2) is 0 Å². The minimum absolute atomic E-state index is 0.110. The summed E-state index contributed by atoms with van der Waals surface area (Å²) >= 11 is 2.25. The van der Waals surface area contributed by atoms with Crippen LogP contribution in [-0.2, 0) is 4.79 Å². The number of aryl methyl sites for hydroxylation is 1. The Hall–Kier alpha value is -0.620. The average molecular weight is 332 g/mol. The molecule has 1 aromatic rings. The number of benzene rings is 1. The van der Waals surface area contributed by atoms with E-state index in [1.54, 1.807) is 0 Å². The van der Waals surface area contributed by atoms with Gasteiger partial charge in [-0.3, -0.25) is 4.79 Å². The molecule has 0 aliphatic carbocycles. The molecule has 0 spiro atoms. The summed E-state index contributed by atoms with van der Waals surface area (Å²) in [5.41, 5.74) is 7.75. The van der Waals surface area contributed by atoms with Gasteiger partial charge in [-0.1, -0.05) is 19.4 Å². The van der Waals surface area contributed by atoms with E-state index in [4.69, 9.17) is 5.73 Å². The predicted molar refractivity (Wildman–Crippen MR) is 75.4 cm³/mol. The largest absolute Gasteiger partial charge is 0.325 e. The van der Waals surface area contributed by atoms with Crippen molar-refractivity contribution in [1.82, 2.24) is 0 Å². The maximum Gasteiger partial charge on any atom is 0.241 e. The van der Waals surface area contributed by atoms with Crippen LogP contribution in [0.1, 0.15) is 25.3 Å². The molecule has 0 radical (unpaired) electrons. The van der Waals surface area contributed by atoms with Crippen LogP contribution in [0, 0.1) is 10.5 Å². The van der Waals surface area contributed by atoms with E-state index in [1.165, 1.54) is 5.56 Å². The first kappa shape index (κ1) is 13.4. The number of carbonyl (C=O) groups excluding carboxylic acids is 1. The Morgan fingerprint density at radius 3 is 2.81 bits per heavy atom. The van der Waals surface area contributed by atoms with E-state index in [9.17, 15) is 4.79 Å². The van der Waals surface area contributed by atoms with Crippen molar-refractivity contribution in [3.8, 4) is 0 Å². The zero-order valence-corrected chi connectivity index (χ0v) is 11.7. The molecule has 88 valence electrons. The Kier molecular flexibility index (Phi) is 5.21. The molecule has 4 heteroatoms. The van der Waals surface area contributed by atoms with E-state index < -0.39 is 6.04 Å². The fourth-order valence-electron chi connectivity index (χ4n) is 1.35. The van der Waals surface area contributed by atoms with Crippen LogP contribution in [0.2, 0.25) is 0 Å². The summed E-state index contributed by atoms with van der Waals surface area (Å²) in [5.74, 6) is -0.110. The van der Waals surface area contributed by atoms with E-state index in [2.05, 4.69) is 27.9 Å². The lowest BCUT2D eigenvalue weighted by Gasteiger charge is -2.11. The fourth-order valence-corrected chi connectivity index (χ4v) is 1.86. The number of amides is 1. The molecular formula is C12H17IN2O. The quantitative estimate of drug-likeness (QED) is 0.833. The van der Waals surface area contributed by atoms with Crippen LogP contribution in [0.25, 0.3) is 0 Å². The second-order valence-corrected chi connectivity index (χ2v) is 5.01. The average Bonchev–Trinajstić information content (AvgIpc) is 2.24. The molecule has 1 atom stereocenters. The van der Waals surface area contributed by atoms with Crippen molar-refractivity contribution in [1.29, 1.82) is 0 Å². The first-order chi connectivity index (χ1) is 7.54. The van der Waals surface area contributed by atoms with Gasteiger partial charge in [-0.2, -0.15) is 0 Å². The predicted octanol–water partition coefficient (Wildman–Crippen LogP) is 2.67. The van der Waals surface area contributed by atoms with Crippen LogP contribution in [0.15, 0.2) is 18.2 Å². The lowest BCUT2D eigenvalue weighted by molar-refractivity contribution is -0.117. The Bertz CT molecular complexity index is 379. The summed E-state index contributed by atoms with van der Waals surface area (Å²) < 4.78 is 1.14. The van der Waals surface area contributed by atoms with Crippen LogP contribution in [-0.4, -0.2) is 11.9 Å². The number of nitrogens with one attached hydrogen (secondary N) is 1. The van der Waals surface area contributed by atoms with Crippen LogP contribution in [0.5, 0.6) is 0 Å². The van der Waals surface area contributed by atoms with Gasteiger partial charge < -0.3 is 11.1 Å². The molecule has 0 aromatic heterocycles. The summed E-state index contributed by atoms with van der Waals surface area (Å²) in [5, 5.41) is 2.83. The molecule has 0 heterocycles. The molecule has 3 nitrogen and oxygen atoms in total. The standard InChI is InChI=1S/C12H17IN2O/c1-3-4-11(14)12(16)15-9-6-5-8(2)10(13)7-9/h5-7,11H,3-4,14H2,1-2H3,(H,15,16). The van der Waals surface area contributed by atoms with Gasteiger partial charge in [0, 0.05) is 9.26 Å². The van der Waals surface area contributed by atoms with E-state index >= 15 is 0 Å². The topological polar surface area (TPSA) is 55.1 Å². The normalized spacial score (nSPS) is 12.2. The molecular weight excluding hydrogens is 315 g/mol. The molecule has 0 saturated carbocycles. The van der Waals surface area contributed by atoms with Crippen molar-refractivity contribution in [3.05, 3.63) is 27.3 Å². The molecule has 0 aliphatic rings. The molecule has 1 rings (SSSR count). The molecule has 1 amide bonds.